The number of nitrogens with zero attached hydrogens (tertiary/aromatic N) is 2. The molecule has 2 aliphatic carbocycles. The van der Waals surface area contributed by atoms with Crippen LogP contribution in [-0.2, 0) is 89.9 Å². The van der Waals surface area contributed by atoms with Crippen molar-refractivity contribution in [2.24, 2.45) is 17.8 Å². The molecule has 88 heavy (non-hydrogen) atoms. The maximum absolute atomic E-state index is 14.4. The van der Waals surface area contributed by atoms with Crippen molar-refractivity contribution < 1.29 is 76.5 Å². The van der Waals surface area contributed by atoms with Crippen LogP contribution in [0.25, 0.3) is 0 Å². The standard InChI is InChI=1S/C63H80F2N6O12S.O3S/c1-5-40(2)60(74)69-53(33-42-21-25-49(26-22-42)83-84(65,78)79)63(77)71-28-11-18-55(71)61(75)68-52-35-45-14-7-9-16-51(45)59(52)81-30-12-29-80-31-32-82-58-46(34-44-13-6-8-15-50(44)58)36-57(73)54-17-10-27-70(54)62(76)47(37-56(72)41(3)66-4)39-67-38-43-19-23-48(64)24-20-43;1-4(2)3/h6-9,13-16,19-26,40-41,46-47,52-55,58-59,66-67H,5,10-12,17-18,27-39H2,1-4H3,(H,68,75)(H,69,74);/t40-,41+,46+,47+,52-,53+,54+,55+,58-,59+;/m1./s1. The van der Waals surface area contributed by atoms with Crippen LogP contribution in [0.15, 0.2) is 97.1 Å². The maximum Gasteiger partial charge on any atom is 0.488 e. The van der Waals surface area contributed by atoms with E-state index in [0.29, 0.717) is 96.4 Å². The van der Waals surface area contributed by atoms with Crippen LogP contribution in [0.2, 0.25) is 0 Å². The van der Waals surface area contributed by atoms with Gasteiger partial charge in [-0.05, 0) is 123 Å². The minimum absolute atomic E-state index is 0.00884. The quantitative estimate of drug-likeness (QED) is 0.0356. The number of rotatable bonds is 31. The summed E-state index contributed by atoms with van der Waals surface area (Å²) in [4.78, 5) is 86.9. The Hall–Kier alpha value is -6.87. The van der Waals surface area contributed by atoms with E-state index >= 15 is 0 Å². The molecule has 0 saturated carbocycles. The zero-order valence-corrected chi connectivity index (χ0v) is 51.7. The van der Waals surface area contributed by atoms with Crippen LogP contribution in [0.1, 0.15) is 118 Å². The number of benzene rings is 4. The zero-order chi connectivity index (χ0) is 63.5. The fourth-order valence-electron chi connectivity index (χ4n) is 12.0. The van der Waals surface area contributed by atoms with Gasteiger partial charge in [-0.15, -0.1) is 12.6 Å². The summed E-state index contributed by atoms with van der Waals surface area (Å²) in [6.07, 6.45) is 3.87. The Morgan fingerprint density at radius 2 is 1.34 bits per heavy atom. The zero-order valence-electron chi connectivity index (χ0n) is 50.0. The summed E-state index contributed by atoms with van der Waals surface area (Å²) in [5, 5.41) is 12.3. The first-order chi connectivity index (χ1) is 42.1. The second kappa shape index (κ2) is 33.1. The number of fused-ring (bicyclic) bond motifs is 2. The van der Waals surface area contributed by atoms with Crippen molar-refractivity contribution in [2.45, 2.75) is 140 Å². The van der Waals surface area contributed by atoms with Crippen LogP contribution in [0.5, 0.6) is 5.75 Å². The number of carbonyl (C=O) groups excluding carboxylic acids is 6. The number of hydrogen-bond donors (Lipinski definition) is 4. The molecule has 4 N–H and O–H groups in total. The van der Waals surface area contributed by atoms with Crippen LogP contribution in [0, 0.1) is 23.6 Å². The average molecular weight is 1260 g/mol. The normalized spacial score (nSPS) is 20.8. The van der Waals surface area contributed by atoms with E-state index in [-0.39, 0.29) is 85.3 Å². The molecule has 0 bridgehead atoms. The molecule has 2 heterocycles. The lowest BCUT2D eigenvalue weighted by atomic mass is 9.92. The number of likely N-dealkylation sites (tertiary alicyclic amines) is 2. The first-order valence-corrected chi connectivity index (χ1v) is 32.3. The third-order valence-corrected chi connectivity index (χ3v) is 17.2. The van der Waals surface area contributed by atoms with Gasteiger partial charge in [-0.2, -0.15) is 8.42 Å². The minimum atomic E-state index is -5.24. The van der Waals surface area contributed by atoms with E-state index in [0.717, 1.165) is 27.8 Å². The molecular formula is C63H80F2N6O15S2. The number of ether oxygens (including phenoxy) is 3. The largest absolute Gasteiger partial charge is 0.488 e. The summed E-state index contributed by atoms with van der Waals surface area (Å²) >= 11 is 0. The first-order valence-electron chi connectivity index (χ1n) is 30.0. The van der Waals surface area contributed by atoms with Crippen molar-refractivity contribution in [3.8, 4) is 5.75 Å². The van der Waals surface area contributed by atoms with Crippen LogP contribution in [-0.4, -0.2) is 149 Å². The van der Waals surface area contributed by atoms with Gasteiger partial charge in [0.05, 0.1) is 43.4 Å². The molecule has 4 aromatic carbocycles. The fourth-order valence-corrected chi connectivity index (χ4v) is 12.3. The van der Waals surface area contributed by atoms with Gasteiger partial charge in [-0.3, -0.25) is 28.8 Å². The average Bonchev–Trinajstić information content (AvgIpc) is 2.92. The summed E-state index contributed by atoms with van der Waals surface area (Å²) in [7, 11) is -6.65. The number of hydrogen-bond acceptors (Lipinski definition) is 17. The molecule has 4 amide bonds. The molecule has 0 radical (unpaired) electrons. The van der Waals surface area contributed by atoms with Crippen LogP contribution < -0.4 is 25.5 Å². The molecule has 25 heteroatoms. The summed E-state index contributed by atoms with van der Waals surface area (Å²) in [5.74, 6) is -3.28. The highest BCUT2D eigenvalue weighted by Crippen LogP contribution is 2.42. The van der Waals surface area contributed by atoms with Gasteiger partial charge in [0.2, 0.25) is 23.6 Å². The van der Waals surface area contributed by atoms with Gasteiger partial charge >= 0.3 is 21.1 Å². The Kier molecular flexibility index (Phi) is 25.8. The van der Waals surface area contributed by atoms with Crippen molar-refractivity contribution in [3.05, 3.63) is 136 Å². The van der Waals surface area contributed by atoms with Crippen LogP contribution >= 0.6 is 0 Å². The number of amides is 4. The van der Waals surface area contributed by atoms with E-state index in [1.807, 2.05) is 49.4 Å². The van der Waals surface area contributed by atoms with Crippen molar-refractivity contribution >= 4 is 56.3 Å². The third-order valence-electron chi connectivity index (χ3n) is 16.8. The van der Waals surface area contributed by atoms with Crippen molar-refractivity contribution in [2.75, 3.05) is 53.1 Å². The summed E-state index contributed by atoms with van der Waals surface area (Å²) < 4.78 is 97.5. The number of nitrogens with one attached hydrogen (secondary N) is 4. The predicted octanol–water partition coefficient (Wildman–Crippen LogP) is 5.54. The van der Waals surface area contributed by atoms with Gasteiger partial charge in [-0.1, -0.05) is 90.5 Å². The second-order valence-corrected chi connectivity index (χ2v) is 24.2. The smallest absolute Gasteiger partial charge is 0.379 e. The number of carbonyl (C=O) groups is 6. The minimum Gasteiger partial charge on any atom is -0.379 e. The van der Waals surface area contributed by atoms with Crippen molar-refractivity contribution in [1.82, 2.24) is 31.1 Å². The molecule has 0 unspecified atom stereocenters. The van der Waals surface area contributed by atoms with Crippen molar-refractivity contribution in [1.29, 1.82) is 0 Å². The molecule has 0 aromatic heterocycles. The molecule has 8 rings (SSSR count). The van der Waals surface area contributed by atoms with E-state index in [4.69, 9.17) is 26.8 Å². The van der Waals surface area contributed by atoms with E-state index < -0.39 is 75.2 Å². The highest BCUT2D eigenvalue weighted by molar-refractivity contribution is 7.81. The summed E-state index contributed by atoms with van der Waals surface area (Å²) in [5.41, 5.74) is 5.53. The highest BCUT2D eigenvalue weighted by Gasteiger charge is 2.43. The van der Waals surface area contributed by atoms with Gasteiger partial charge in [0.25, 0.3) is 0 Å². The maximum atomic E-state index is 14.4. The van der Waals surface area contributed by atoms with Crippen LogP contribution in [0.4, 0.5) is 8.28 Å². The Morgan fingerprint density at radius 3 is 1.99 bits per heavy atom. The van der Waals surface area contributed by atoms with E-state index in [2.05, 4.69) is 31.5 Å². The Labute approximate surface area is 514 Å². The number of Topliss-reactive ketones (excluding diaryl/α,β-unsaturated/α-hetero) is 2. The van der Waals surface area contributed by atoms with Crippen LogP contribution in [0.3, 0.4) is 0 Å². The molecule has 2 saturated heterocycles. The Morgan fingerprint density at radius 1 is 0.739 bits per heavy atom. The third kappa shape index (κ3) is 19.6. The number of ketones is 2. The van der Waals surface area contributed by atoms with Gasteiger partial charge in [-0.25, -0.2) is 4.39 Å². The Balaban J connectivity index is 0.00000268. The molecule has 478 valence electrons. The SMILES string of the molecule is CC[C@@H](C)C(=O)N[C@@H](Cc1ccc(OS(=O)(=O)F)cc1)C(=O)N1CCC[C@H]1C(=O)N[C@@H]1Cc2ccccc2[C@@H]1OCCCOCCO[C@H]1c2ccccc2C[C@H]1CC(=O)[C@@H]1CCCN1C(=O)[C@H](CNCc1ccc(F)cc1)CC(=O)[C@H](C)NC.O=S(=O)=O. The monoisotopic (exact) mass is 1260 g/mol. The molecular weight excluding hydrogens is 1180 g/mol. The van der Waals surface area contributed by atoms with E-state index in [1.165, 1.54) is 41.3 Å². The molecule has 4 aliphatic rings. The van der Waals surface area contributed by atoms with Gasteiger partial charge < -0.3 is 49.5 Å². The molecule has 4 aromatic rings. The second-order valence-electron chi connectivity index (χ2n) is 22.8. The van der Waals surface area contributed by atoms with E-state index in [1.54, 1.807) is 37.9 Å². The Bertz CT molecular complexity index is 3270. The molecule has 21 nitrogen and oxygen atoms in total. The summed E-state index contributed by atoms with van der Waals surface area (Å²) in [6.45, 7) is 7.97. The van der Waals surface area contributed by atoms with Gasteiger partial charge in [0.15, 0.2) is 5.78 Å². The summed E-state index contributed by atoms with van der Waals surface area (Å²) in [6, 6.07) is 24.1. The highest BCUT2D eigenvalue weighted by atomic mass is 32.3. The topological polar surface area (TPSA) is 279 Å². The molecule has 2 aliphatic heterocycles. The lowest BCUT2D eigenvalue weighted by molar-refractivity contribution is -0.143. The van der Waals surface area contributed by atoms with Gasteiger partial charge in [0, 0.05) is 70.5 Å². The fraction of sp³-hybridized carbons (Fsp3) is 0.524. The molecule has 0 spiro atoms. The number of halogens is 2. The lowest BCUT2D eigenvalue weighted by Gasteiger charge is -2.31. The molecule has 10 atom stereocenters. The predicted molar refractivity (Wildman–Crippen MR) is 319 cm³/mol. The van der Waals surface area contributed by atoms with Gasteiger partial charge in [0.1, 0.15) is 35.5 Å². The molecule has 2 fully saturated rings. The number of likely N-dealkylation sites (N-methyl/N-ethyl adjacent to an activating group) is 1. The first kappa shape index (κ1) is 68.6. The van der Waals surface area contributed by atoms with E-state index in [9.17, 15) is 45.5 Å². The lowest BCUT2D eigenvalue weighted by Crippen LogP contribution is -2.56. The van der Waals surface area contributed by atoms with Crippen molar-refractivity contribution in [3.63, 3.8) is 0 Å².